The van der Waals surface area contributed by atoms with Crippen LogP contribution in [0.3, 0.4) is 0 Å². The first-order valence-corrected chi connectivity index (χ1v) is 11.8. The van der Waals surface area contributed by atoms with Crippen LogP contribution in [0.1, 0.15) is 44.6 Å². The fraction of sp³-hybridized carbons (Fsp3) is 0.440. The Hall–Kier alpha value is -2.27. The van der Waals surface area contributed by atoms with E-state index in [2.05, 4.69) is 5.32 Å². The van der Waals surface area contributed by atoms with E-state index in [1.807, 2.05) is 60.7 Å². The summed E-state index contributed by atoms with van der Waals surface area (Å²) < 4.78 is 5.70. The van der Waals surface area contributed by atoms with Crippen molar-refractivity contribution in [3.63, 3.8) is 0 Å². The molecule has 0 aromatic heterocycles. The number of hydrogen-bond donors (Lipinski definition) is 1. The normalized spacial score (nSPS) is 11.6. The Labute approximate surface area is 184 Å². The van der Waals surface area contributed by atoms with Crippen LogP contribution < -0.4 is 10.1 Å². The van der Waals surface area contributed by atoms with E-state index in [-0.39, 0.29) is 16.9 Å². The predicted octanol–water partition coefficient (Wildman–Crippen LogP) is 5.27. The molecule has 5 heteroatoms. The summed E-state index contributed by atoms with van der Waals surface area (Å²) in [5.41, 5.74) is 1.12. The third-order valence-corrected chi connectivity index (χ3v) is 5.79. The third kappa shape index (κ3) is 10.5. The molecule has 1 unspecified atom stereocenters. The Kier molecular flexibility index (Phi) is 11.7. The van der Waals surface area contributed by atoms with Crippen molar-refractivity contribution in [3.8, 4) is 5.75 Å². The monoisotopic (exact) mass is 427 g/mol. The van der Waals surface area contributed by atoms with Crippen LogP contribution in [0.4, 0.5) is 0 Å². The number of thioether (sulfide) groups is 1. The van der Waals surface area contributed by atoms with E-state index >= 15 is 0 Å². The Morgan fingerprint density at radius 1 is 0.900 bits per heavy atom. The van der Waals surface area contributed by atoms with Crippen LogP contribution in [0.15, 0.2) is 60.7 Å². The van der Waals surface area contributed by atoms with Crippen LogP contribution in [0.5, 0.6) is 5.75 Å². The molecule has 0 spiro atoms. The summed E-state index contributed by atoms with van der Waals surface area (Å²) in [6, 6.07) is 19.9. The summed E-state index contributed by atoms with van der Waals surface area (Å²) in [5, 5.41) is 3.11. The molecule has 2 aromatic carbocycles. The van der Waals surface area contributed by atoms with Crippen molar-refractivity contribution in [2.75, 3.05) is 18.9 Å². The molecule has 0 radical (unpaired) electrons. The Morgan fingerprint density at radius 2 is 1.53 bits per heavy atom. The molecule has 0 saturated carbocycles. The minimum Gasteiger partial charge on any atom is -0.494 e. The van der Waals surface area contributed by atoms with Gasteiger partial charge in [0.05, 0.1) is 12.5 Å². The number of benzene rings is 2. The number of carbonyl (C=O) groups is 2. The highest BCUT2D eigenvalue weighted by molar-refractivity contribution is 8.13. The smallest absolute Gasteiger partial charge is 0.224 e. The first-order chi connectivity index (χ1) is 14.6. The predicted molar refractivity (Wildman–Crippen MR) is 125 cm³/mol. The van der Waals surface area contributed by atoms with Crippen molar-refractivity contribution < 1.29 is 14.3 Å². The summed E-state index contributed by atoms with van der Waals surface area (Å²) in [6.07, 6.45) is 6.05. The first-order valence-electron chi connectivity index (χ1n) is 10.8. The van der Waals surface area contributed by atoms with Crippen molar-refractivity contribution >= 4 is 22.8 Å². The maximum atomic E-state index is 12.6. The van der Waals surface area contributed by atoms with E-state index in [1.165, 1.54) is 11.8 Å². The zero-order chi connectivity index (χ0) is 21.4. The van der Waals surface area contributed by atoms with Crippen molar-refractivity contribution in [1.29, 1.82) is 0 Å². The molecule has 1 atom stereocenters. The van der Waals surface area contributed by atoms with Gasteiger partial charge in [0.2, 0.25) is 5.91 Å². The topological polar surface area (TPSA) is 55.4 Å². The zero-order valence-electron chi connectivity index (χ0n) is 17.8. The van der Waals surface area contributed by atoms with Crippen LogP contribution in [-0.4, -0.2) is 29.9 Å². The third-order valence-electron chi connectivity index (χ3n) is 4.82. The van der Waals surface area contributed by atoms with E-state index in [1.54, 1.807) is 6.92 Å². The number of nitrogens with one attached hydrogen (secondary N) is 1. The molecule has 1 amide bonds. The maximum absolute atomic E-state index is 12.6. The largest absolute Gasteiger partial charge is 0.494 e. The van der Waals surface area contributed by atoms with E-state index in [4.69, 9.17) is 4.74 Å². The summed E-state index contributed by atoms with van der Waals surface area (Å²) in [7, 11) is 0. The first kappa shape index (κ1) is 24.0. The molecule has 2 rings (SSSR count). The molecule has 0 aliphatic rings. The lowest BCUT2D eigenvalue weighted by molar-refractivity contribution is -0.124. The quantitative estimate of drug-likeness (QED) is 0.417. The van der Waals surface area contributed by atoms with Gasteiger partial charge in [0.25, 0.3) is 0 Å². The summed E-state index contributed by atoms with van der Waals surface area (Å²) in [6.45, 7) is 2.98. The fourth-order valence-electron chi connectivity index (χ4n) is 3.16. The summed E-state index contributed by atoms with van der Waals surface area (Å²) >= 11 is 1.23. The number of ether oxygens (including phenoxy) is 1. The molecule has 4 nitrogen and oxygen atoms in total. The highest BCUT2D eigenvalue weighted by atomic mass is 32.2. The highest BCUT2D eigenvalue weighted by Crippen LogP contribution is 2.16. The second-order valence-electron chi connectivity index (χ2n) is 7.41. The van der Waals surface area contributed by atoms with Gasteiger partial charge in [-0.15, -0.1) is 0 Å². The number of amides is 1. The average molecular weight is 428 g/mol. The minimum atomic E-state index is -0.184. The van der Waals surface area contributed by atoms with Gasteiger partial charge < -0.3 is 10.1 Å². The molecule has 2 aromatic rings. The van der Waals surface area contributed by atoms with E-state index in [0.717, 1.165) is 50.0 Å². The van der Waals surface area contributed by atoms with Gasteiger partial charge in [-0.2, -0.15) is 0 Å². The zero-order valence-corrected chi connectivity index (χ0v) is 18.7. The van der Waals surface area contributed by atoms with Gasteiger partial charge in [-0.3, -0.25) is 9.59 Å². The van der Waals surface area contributed by atoms with Gasteiger partial charge in [0.1, 0.15) is 5.75 Å². The molecule has 0 aliphatic carbocycles. The number of carbonyl (C=O) groups excluding carboxylic acids is 2. The molecule has 0 heterocycles. The van der Waals surface area contributed by atoms with Crippen molar-refractivity contribution in [2.24, 2.45) is 5.92 Å². The van der Waals surface area contributed by atoms with Crippen LogP contribution in [0.25, 0.3) is 0 Å². The maximum Gasteiger partial charge on any atom is 0.224 e. The molecule has 162 valence electrons. The lowest BCUT2D eigenvalue weighted by Crippen LogP contribution is -2.34. The molecule has 0 fully saturated rings. The fourth-order valence-corrected chi connectivity index (χ4v) is 3.87. The van der Waals surface area contributed by atoms with Crippen LogP contribution in [-0.2, 0) is 16.0 Å². The van der Waals surface area contributed by atoms with Crippen molar-refractivity contribution in [2.45, 2.75) is 45.4 Å². The Morgan fingerprint density at radius 3 is 2.23 bits per heavy atom. The van der Waals surface area contributed by atoms with E-state index in [9.17, 15) is 9.59 Å². The number of para-hydroxylation sites is 1. The average Bonchev–Trinajstić information content (AvgIpc) is 2.76. The number of hydrogen-bond acceptors (Lipinski definition) is 4. The standard InChI is InChI=1S/C25H33NO3S/c1-21(27)30-20-23(19-22-13-7-5-8-14-22)25(28)26-17-11-3-2-4-12-18-29-24-15-9-6-10-16-24/h5-10,13-16,23H,2-4,11-12,17-20H2,1H3,(H,26,28). The van der Waals surface area contributed by atoms with Crippen LogP contribution >= 0.6 is 11.8 Å². The second-order valence-corrected chi connectivity index (χ2v) is 8.61. The van der Waals surface area contributed by atoms with Crippen molar-refractivity contribution in [3.05, 3.63) is 66.2 Å². The highest BCUT2D eigenvalue weighted by Gasteiger charge is 2.19. The number of unbranched alkanes of at least 4 members (excludes halogenated alkanes) is 4. The van der Waals surface area contributed by atoms with Gasteiger partial charge >= 0.3 is 0 Å². The lowest BCUT2D eigenvalue weighted by Gasteiger charge is -2.16. The molecular weight excluding hydrogens is 394 g/mol. The Bertz CT molecular complexity index is 737. The summed E-state index contributed by atoms with van der Waals surface area (Å²) in [5.74, 6) is 1.31. The number of rotatable bonds is 14. The van der Waals surface area contributed by atoms with Gasteiger partial charge in [-0.25, -0.2) is 0 Å². The SMILES string of the molecule is CC(=O)SCC(Cc1ccccc1)C(=O)NCCCCCCCOc1ccccc1. The van der Waals surface area contributed by atoms with E-state index in [0.29, 0.717) is 18.7 Å². The Balaban J connectivity index is 1.58. The van der Waals surface area contributed by atoms with Gasteiger partial charge in [0, 0.05) is 19.2 Å². The van der Waals surface area contributed by atoms with Gasteiger partial charge in [0.15, 0.2) is 5.12 Å². The molecule has 0 bridgehead atoms. The lowest BCUT2D eigenvalue weighted by atomic mass is 10.00. The molecule has 1 N–H and O–H groups in total. The van der Waals surface area contributed by atoms with Gasteiger partial charge in [-0.05, 0) is 37.0 Å². The summed E-state index contributed by atoms with van der Waals surface area (Å²) in [4.78, 5) is 24.0. The van der Waals surface area contributed by atoms with Gasteiger partial charge in [-0.1, -0.05) is 79.6 Å². The molecule has 0 saturated heterocycles. The van der Waals surface area contributed by atoms with E-state index < -0.39 is 0 Å². The minimum absolute atomic E-state index is 0.0452. The second kappa shape index (κ2) is 14.7. The van der Waals surface area contributed by atoms with Crippen LogP contribution in [0, 0.1) is 5.92 Å². The molecular formula is C25H33NO3S. The molecule has 0 aliphatic heterocycles. The molecule has 30 heavy (non-hydrogen) atoms. The van der Waals surface area contributed by atoms with Crippen LogP contribution in [0.2, 0.25) is 0 Å². The van der Waals surface area contributed by atoms with Crippen molar-refractivity contribution in [1.82, 2.24) is 5.32 Å².